The number of benzene rings is 1. The smallest absolute Gasteiger partial charge is 0.240 e. The highest BCUT2D eigenvalue weighted by Crippen LogP contribution is 2.19. The van der Waals surface area contributed by atoms with E-state index in [0.717, 1.165) is 0 Å². The van der Waals surface area contributed by atoms with E-state index in [1.807, 2.05) is 6.92 Å². The standard InChI is InChI=1S/C11H17ClN2O2S/c1-8-7-10(12)3-4-11(8)17(15,16)14-6-5-9(2)13/h3-4,7,9,14H,5-6,13H2,1-2H3/t9-/m0/s1. The average molecular weight is 277 g/mol. The molecule has 0 heterocycles. The van der Waals surface area contributed by atoms with Crippen LogP contribution in [0, 0.1) is 6.92 Å². The highest BCUT2D eigenvalue weighted by Gasteiger charge is 2.16. The molecule has 0 fully saturated rings. The summed E-state index contributed by atoms with van der Waals surface area (Å²) in [5.41, 5.74) is 6.19. The zero-order valence-electron chi connectivity index (χ0n) is 9.90. The summed E-state index contributed by atoms with van der Waals surface area (Å²) < 4.78 is 26.4. The highest BCUT2D eigenvalue weighted by atomic mass is 35.5. The quantitative estimate of drug-likeness (QED) is 0.859. The second kappa shape index (κ2) is 5.82. The van der Waals surface area contributed by atoms with E-state index in [1.54, 1.807) is 19.1 Å². The topological polar surface area (TPSA) is 72.2 Å². The van der Waals surface area contributed by atoms with Crippen LogP contribution in [-0.4, -0.2) is 21.0 Å². The fourth-order valence-corrected chi connectivity index (χ4v) is 2.91. The van der Waals surface area contributed by atoms with Gasteiger partial charge in [0.15, 0.2) is 0 Å². The lowest BCUT2D eigenvalue weighted by molar-refractivity contribution is 0.571. The molecule has 0 saturated carbocycles. The number of hydrogen-bond donors (Lipinski definition) is 2. The molecular weight excluding hydrogens is 260 g/mol. The van der Waals surface area contributed by atoms with Crippen LogP contribution in [0.4, 0.5) is 0 Å². The minimum atomic E-state index is -3.47. The minimum absolute atomic E-state index is 0.0241. The van der Waals surface area contributed by atoms with E-state index in [9.17, 15) is 8.42 Å². The lowest BCUT2D eigenvalue weighted by atomic mass is 10.2. The van der Waals surface area contributed by atoms with Gasteiger partial charge < -0.3 is 5.73 Å². The summed E-state index contributed by atoms with van der Waals surface area (Å²) >= 11 is 5.78. The third kappa shape index (κ3) is 4.27. The lowest BCUT2D eigenvalue weighted by Crippen LogP contribution is -2.29. The normalized spacial score (nSPS) is 13.6. The molecule has 96 valence electrons. The van der Waals surface area contributed by atoms with Crippen molar-refractivity contribution in [1.29, 1.82) is 0 Å². The molecule has 4 nitrogen and oxygen atoms in total. The number of sulfonamides is 1. The van der Waals surface area contributed by atoms with E-state index in [1.165, 1.54) is 6.07 Å². The number of halogens is 1. The van der Waals surface area contributed by atoms with Crippen molar-refractivity contribution >= 4 is 21.6 Å². The first-order valence-electron chi connectivity index (χ1n) is 5.34. The monoisotopic (exact) mass is 276 g/mol. The van der Waals surface area contributed by atoms with Crippen molar-refractivity contribution in [2.75, 3.05) is 6.54 Å². The Hall–Kier alpha value is -0.620. The molecule has 0 bridgehead atoms. The van der Waals surface area contributed by atoms with Gasteiger partial charge in [-0.15, -0.1) is 0 Å². The Kier molecular flexibility index (Phi) is 4.94. The molecule has 0 radical (unpaired) electrons. The number of nitrogens with two attached hydrogens (primary N) is 1. The van der Waals surface area contributed by atoms with E-state index in [0.29, 0.717) is 23.6 Å². The van der Waals surface area contributed by atoms with Gasteiger partial charge in [-0.3, -0.25) is 0 Å². The molecule has 17 heavy (non-hydrogen) atoms. The van der Waals surface area contributed by atoms with Gasteiger partial charge in [0.25, 0.3) is 0 Å². The lowest BCUT2D eigenvalue weighted by Gasteiger charge is -2.10. The first kappa shape index (κ1) is 14.4. The Labute approximate surface area is 107 Å². The van der Waals surface area contributed by atoms with Crippen molar-refractivity contribution in [2.45, 2.75) is 31.2 Å². The van der Waals surface area contributed by atoms with Gasteiger partial charge >= 0.3 is 0 Å². The van der Waals surface area contributed by atoms with Crippen LogP contribution in [0.15, 0.2) is 23.1 Å². The van der Waals surface area contributed by atoms with E-state index >= 15 is 0 Å². The Morgan fingerprint density at radius 3 is 2.65 bits per heavy atom. The summed E-state index contributed by atoms with van der Waals surface area (Å²) in [6, 6.07) is 4.67. The molecule has 0 spiro atoms. The summed E-state index contributed by atoms with van der Waals surface area (Å²) in [6.07, 6.45) is 0.603. The second-order valence-electron chi connectivity index (χ2n) is 4.07. The molecule has 0 aliphatic heterocycles. The van der Waals surface area contributed by atoms with Gasteiger partial charge in [0.1, 0.15) is 0 Å². The summed E-state index contributed by atoms with van der Waals surface area (Å²) in [5.74, 6) is 0. The molecule has 1 aromatic carbocycles. The van der Waals surface area contributed by atoms with Crippen LogP contribution in [0.5, 0.6) is 0 Å². The van der Waals surface area contributed by atoms with Gasteiger partial charge in [-0.05, 0) is 44.0 Å². The Bertz CT molecular complexity index is 486. The van der Waals surface area contributed by atoms with E-state index in [4.69, 9.17) is 17.3 Å². The molecule has 1 aromatic rings. The zero-order chi connectivity index (χ0) is 13.1. The molecule has 3 N–H and O–H groups in total. The van der Waals surface area contributed by atoms with E-state index in [2.05, 4.69) is 4.72 Å². The van der Waals surface area contributed by atoms with Crippen LogP contribution in [0.2, 0.25) is 5.02 Å². The van der Waals surface area contributed by atoms with Gasteiger partial charge in [0, 0.05) is 17.6 Å². The van der Waals surface area contributed by atoms with Crippen LogP contribution in [0.25, 0.3) is 0 Å². The molecule has 0 unspecified atom stereocenters. The first-order valence-corrected chi connectivity index (χ1v) is 7.20. The number of hydrogen-bond acceptors (Lipinski definition) is 3. The van der Waals surface area contributed by atoms with Gasteiger partial charge in [0.2, 0.25) is 10.0 Å². The van der Waals surface area contributed by atoms with Crippen molar-refractivity contribution in [3.8, 4) is 0 Å². The molecule has 0 aliphatic rings. The fraction of sp³-hybridized carbons (Fsp3) is 0.455. The highest BCUT2D eigenvalue weighted by molar-refractivity contribution is 7.89. The molecule has 6 heteroatoms. The number of nitrogens with one attached hydrogen (secondary N) is 1. The van der Waals surface area contributed by atoms with Gasteiger partial charge in [-0.25, -0.2) is 13.1 Å². The largest absolute Gasteiger partial charge is 0.328 e. The Balaban J connectivity index is 2.83. The van der Waals surface area contributed by atoms with Gasteiger partial charge in [0.05, 0.1) is 4.90 Å². The fourth-order valence-electron chi connectivity index (χ4n) is 1.41. The van der Waals surface area contributed by atoms with Crippen molar-refractivity contribution in [3.05, 3.63) is 28.8 Å². The van der Waals surface area contributed by atoms with E-state index in [-0.39, 0.29) is 10.9 Å². The molecule has 0 aliphatic carbocycles. The van der Waals surface area contributed by atoms with Gasteiger partial charge in [-0.2, -0.15) is 0 Å². The minimum Gasteiger partial charge on any atom is -0.328 e. The summed E-state index contributed by atoms with van der Waals surface area (Å²) in [6.45, 7) is 3.88. The molecule has 1 rings (SSSR count). The van der Waals surface area contributed by atoms with Crippen LogP contribution < -0.4 is 10.5 Å². The molecule has 0 saturated heterocycles. The number of aryl methyl sites for hydroxylation is 1. The molecule has 1 atom stereocenters. The maximum atomic E-state index is 12.0. The van der Waals surface area contributed by atoms with Crippen molar-refractivity contribution < 1.29 is 8.42 Å². The van der Waals surface area contributed by atoms with Crippen molar-refractivity contribution in [1.82, 2.24) is 4.72 Å². The van der Waals surface area contributed by atoms with Crippen LogP contribution in [-0.2, 0) is 10.0 Å². The third-order valence-corrected chi connectivity index (χ3v) is 4.17. The van der Waals surface area contributed by atoms with Crippen molar-refractivity contribution in [2.24, 2.45) is 5.73 Å². The van der Waals surface area contributed by atoms with E-state index < -0.39 is 10.0 Å². The first-order chi connectivity index (χ1) is 7.83. The maximum Gasteiger partial charge on any atom is 0.240 e. The van der Waals surface area contributed by atoms with Crippen LogP contribution in [0.1, 0.15) is 18.9 Å². The molecular formula is C11H17ClN2O2S. The third-order valence-electron chi connectivity index (χ3n) is 2.32. The Morgan fingerprint density at radius 1 is 1.47 bits per heavy atom. The SMILES string of the molecule is Cc1cc(Cl)ccc1S(=O)(=O)NCC[C@H](C)N. The maximum absolute atomic E-state index is 12.0. The average Bonchev–Trinajstić information content (AvgIpc) is 2.15. The number of rotatable bonds is 5. The predicted octanol–water partition coefficient (Wildman–Crippen LogP) is 1.66. The van der Waals surface area contributed by atoms with Crippen LogP contribution >= 0.6 is 11.6 Å². The summed E-state index contributed by atoms with van der Waals surface area (Å²) in [5, 5.41) is 0.525. The zero-order valence-corrected chi connectivity index (χ0v) is 11.5. The summed E-state index contributed by atoms with van der Waals surface area (Å²) in [4.78, 5) is 0.256. The summed E-state index contributed by atoms with van der Waals surface area (Å²) in [7, 11) is -3.47. The second-order valence-corrected chi connectivity index (χ2v) is 6.25. The predicted molar refractivity (Wildman–Crippen MR) is 69.6 cm³/mol. The van der Waals surface area contributed by atoms with Gasteiger partial charge in [-0.1, -0.05) is 11.6 Å². The molecule has 0 amide bonds. The Morgan fingerprint density at radius 2 is 2.12 bits per heavy atom. The molecule has 0 aromatic heterocycles. The van der Waals surface area contributed by atoms with Crippen molar-refractivity contribution in [3.63, 3.8) is 0 Å². The van der Waals surface area contributed by atoms with Crippen LogP contribution in [0.3, 0.4) is 0 Å².